The monoisotopic (exact) mass is 349 g/mol. The molecule has 6 heteroatoms. The normalized spacial score (nSPS) is 15.5. The third-order valence-corrected chi connectivity index (χ3v) is 3.78. The summed E-state index contributed by atoms with van der Waals surface area (Å²) in [6.45, 7) is 1.73. The van der Waals surface area contributed by atoms with Gasteiger partial charge in [0.15, 0.2) is 6.10 Å². The summed E-state index contributed by atoms with van der Waals surface area (Å²) in [4.78, 5) is 11.9. The lowest BCUT2D eigenvalue weighted by Gasteiger charge is -2.12. The molecule has 1 heterocycles. The first-order chi connectivity index (χ1) is 10.1. The Morgan fingerprint density at radius 2 is 2.14 bits per heavy atom. The first kappa shape index (κ1) is 14.1. The molecule has 5 nitrogen and oxygen atoms in total. The van der Waals surface area contributed by atoms with E-state index >= 15 is 0 Å². The van der Waals surface area contributed by atoms with Gasteiger partial charge < -0.3 is 10.1 Å². The smallest absolute Gasteiger partial charge is 0.261 e. The van der Waals surface area contributed by atoms with Gasteiger partial charge in [-0.15, -0.1) is 5.10 Å². The van der Waals surface area contributed by atoms with Crippen LogP contribution < -0.4 is 10.1 Å². The molecule has 1 aliphatic carbocycles. The van der Waals surface area contributed by atoms with Crippen LogP contribution in [0.1, 0.15) is 19.8 Å². The van der Waals surface area contributed by atoms with E-state index < -0.39 is 6.10 Å². The summed E-state index contributed by atoms with van der Waals surface area (Å²) in [6, 6.07) is 10.1. The fourth-order valence-corrected chi connectivity index (χ4v) is 2.26. The molecule has 0 unspecified atom stereocenters. The predicted octanol–water partition coefficient (Wildman–Crippen LogP) is 2.68. The number of rotatable bonds is 5. The van der Waals surface area contributed by atoms with E-state index in [0.29, 0.717) is 11.9 Å². The number of carbonyl (C=O) groups is 1. The highest BCUT2D eigenvalue weighted by Gasteiger charge is 2.27. The van der Waals surface area contributed by atoms with Gasteiger partial charge in [-0.25, -0.2) is 4.68 Å². The Hall–Kier alpha value is -1.82. The Morgan fingerprint density at radius 1 is 1.43 bits per heavy atom. The standard InChI is InChI=1S/C15H16BrN3O2/c1-10(14(20)17-11-7-8-11)21-15-13(16)9-19(18-15)12-5-3-2-4-6-12/h2-6,9-11H,7-8H2,1H3,(H,17,20)/t10-/m0/s1. The summed E-state index contributed by atoms with van der Waals surface area (Å²) in [5.74, 6) is 0.316. The molecule has 1 aromatic heterocycles. The highest BCUT2D eigenvalue weighted by molar-refractivity contribution is 9.10. The van der Waals surface area contributed by atoms with Crippen LogP contribution in [0.3, 0.4) is 0 Å². The second-order valence-electron chi connectivity index (χ2n) is 5.11. The third kappa shape index (κ3) is 3.44. The number of benzene rings is 1. The zero-order valence-electron chi connectivity index (χ0n) is 11.6. The number of hydrogen-bond donors (Lipinski definition) is 1. The molecule has 0 spiro atoms. The second-order valence-corrected chi connectivity index (χ2v) is 5.96. The Morgan fingerprint density at radius 3 is 2.81 bits per heavy atom. The number of ether oxygens (including phenoxy) is 1. The largest absolute Gasteiger partial charge is 0.463 e. The van der Waals surface area contributed by atoms with Crippen molar-refractivity contribution in [2.75, 3.05) is 0 Å². The molecule has 1 aliphatic rings. The highest BCUT2D eigenvalue weighted by atomic mass is 79.9. The molecular weight excluding hydrogens is 334 g/mol. The topological polar surface area (TPSA) is 56.2 Å². The lowest BCUT2D eigenvalue weighted by molar-refractivity contribution is -0.127. The number of hydrogen-bond acceptors (Lipinski definition) is 3. The number of para-hydroxylation sites is 1. The minimum Gasteiger partial charge on any atom is -0.463 e. The zero-order valence-corrected chi connectivity index (χ0v) is 13.2. The van der Waals surface area contributed by atoms with Gasteiger partial charge >= 0.3 is 0 Å². The fourth-order valence-electron chi connectivity index (χ4n) is 1.90. The molecule has 1 amide bonds. The third-order valence-electron chi connectivity index (χ3n) is 3.24. The summed E-state index contributed by atoms with van der Waals surface area (Å²) < 4.78 is 8.08. The number of halogens is 1. The SMILES string of the molecule is C[C@H](Oc1nn(-c2ccccc2)cc1Br)C(=O)NC1CC1. The van der Waals surface area contributed by atoms with Crippen LogP contribution in [0, 0.1) is 0 Å². The molecule has 1 N–H and O–H groups in total. The number of amides is 1. The molecule has 0 radical (unpaired) electrons. The van der Waals surface area contributed by atoms with Crippen molar-refractivity contribution in [1.82, 2.24) is 15.1 Å². The van der Waals surface area contributed by atoms with Crippen LogP contribution in [0.25, 0.3) is 5.69 Å². The number of nitrogens with zero attached hydrogens (tertiary/aromatic N) is 2. The van der Waals surface area contributed by atoms with Crippen LogP contribution >= 0.6 is 15.9 Å². The number of carbonyl (C=O) groups excluding carboxylic acids is 1. The maximum atomic E-state index is 11.9. The van der Waals surface area contributed by atoms with Crippen LogP contribution in [-0.2, 0) is 4.79 Å². The van der Waals surface area contributed by atoms with Crippen molar-refractivity contribution in [1.29, 1.82) is 0 Å². The van der Waals surface area contributed by atoms with E-state index in [9.17, 15) is 4.79 Å². The van der Waals surface area contributed by atoms with Gasteiger partial charge in [0.2, 0.25) is 5.88 Å². The van der Waals surface area contributed by atoms with Gasteiger partial charge in [0.05, 0.1) is 10.2 Å². The van der Waals surface area contributed by atoms with Gasteiger partial charge in [-0.3, -0.25) is 4.79 Å². The van der Waals surface area contributed by atoms with E-state index in [-0.39, 0.29) is 5.91 Å². The van der Waals surface area contributed by atoms with Crippen molar-refractivity contribution in [3.8, 4) is 11.6 Å². The molecule has 1 fully saturated rings. The summed E-state index contributed by atoms with van der Waals surface area (Å²) in [5, 5.41) is 7.28. The summed E-state index contributed by atoms with van der Waals surface area (Å²) in [7, 11) is 0. The highest BCUT2D eigenvalue weighted by Crippen LogP contribution is 2.26. The van der Waals surface area contributed by atoms with E-state index in [1.807, 2.05) is 36.5 Å². The summed E-state index contributed by atoms with van der Waals surface area (Å²) in [5.41, 5.74) is 0.933. The van der Waals surface area contributed by atoms with Crippen LogP contribution in [0.15, 0.2) is 41.0 Å². The maximum Gasteiger partial charge on any atom is 0.261 e. The lowest BCUT2D eigenvalue weighted by atomic mass is 10.3. The Labute approximate surface area is 131 Å². The maximum absolute atomic E-state index is 11.9. The number of aromatic nitrogens is 2. The quantitative estimate of drug-likeness (QED) is 0.902. The molecule has 2 aromatic rings. The fraction of sp³-hybridized carbons (Fsp3) is 0.333. The summed E-state index contributed by atoms with van der Waals surface area (Å²) in [6.07, 6.45) is 3.37. The minimum atomic E-state index is -0.568. The van der Waals surface area contributed by atoms with Gasteiger partial charge in [0, 0.05) is 12.2 Å². The number of nitrogens with one attached hydrogen (secondary N) is 1. The molecule has 1 saturated carbocycles. The summed E-state index contributed by atoms with van der Waals surface area (Å²) >= 11 is 3.42. The van der Waals surface area contributed by atoms with Crippen molar-refractivity contribution < 1.29 is 9.53 Å². The first-order valence-corrected chi connectivity index (χ1v) is 7.70. The lowest BCUT2D eigenvalue weighted by Crippen LogP contribution is -2.37. The van der Waals surface area contributed by atoms with Crippen LogP contribution in [0.5, 0.6) is 5.88 Å². The Bertz CT molecular complexity index is 638. The molecule has 110 valence electrons. The molecule has 1 atom stereocenters. The first-order valence-electron chi connectivity index (χ1n) is 6.91. The van der Waals surface area contributed by atoms with Gasteiger partial charge in [0.25, 0.3) is 5.91 Å². The van der Waals surface area contributed by atoms with E-state index in [0.717, 1.165) is 23.0 Å². The van der Waals surface area contributed by atoms with E-state index in [1.165, 1.54) is 0 Å². The van der Waals surface area contributed by atoms with Gasteiger partial charge in [-0.1, -0.05) is 18.2 Å². The second kappa shape index (κ2) is 5.89. The minimum absolute atomic E-state index is 0.0985. The zero-order chi connectivity index (χ0) is 14.8. The van der Waals surface area contributed by atoms with Crippen molar-refractivity contribution in [2.24, 2.45) is 0 Å². The van der Waals surface area contributed by atoms with E-state index in [1.54, 1.807) is 11.6 Å². The van der Waals surface area contributed by atoms with Crippen molar-refractivity contribution in [3.05, 3.63) is 41.0 Å². The predicted molar refractivity (Wildman–Crippen MR) is 82.5 cm³/mol. The molecular formula is C15H16BrN3O2. The van der Waals surface area contributed by atoms with Crippen LogP contribution in [-0.4, -0.2) is 27.8 Å². The Balaban J connectivity index is 1.70. The van der Waals surface area contributed by atoms with E-state index in [4.69, 9.17) is 4.74 Å². The molecule has 3 rings (SSSR count). The van der Waals surface area contributed by atoms with Gasteiger partial charge in [0.1, 0.15) is 0 Å². The average molecular weight is 350 g/mol. The van der Waals surface area contributed by atoms with Crippen LogP contribution in [0.4, 0.5) is 0 Å². The molecule has 0 bridgehead atoms. The molecule has 1 aromatic carbocycles. The van der Waals surface area contributed by atoms with Gasteiger partial charge in [-0.2, -0.15) is 0 Å². The van der Waals surface area contributed by atoms with E-state index in [2.05, 4.69) is 26.3 Å². The Kier molecular flexibility index (Phi) is 3.96. The average Bonchev–Trinajstić information content (AvgIpc) is 3.23. The van der Waals surface area contributed by atoms with Crippen molar-refractivity contribution in [3.63, 3.8) is 0 Å². The van der Waals surface area contributed by atoms with Gasteiger partial charge in [-0.05, 0) is 47.8 Å². The molecule has 21 heavy (non-hydrogen) atoms. The van der Waals surface area contributed by atoms with Crippen molar-refractivity contribution >= 4 is 21.8 Å². The van der Waals surface area contributed by atoms with Crippen molar-refractivity contribution in [2.45, 2.75) is 31.9 Å². The van der Waals surface area contributed by atoms with Crippen LogP contribution in [0.2, 0.25) is 0 Å². The molecule has 0 saturated heterocycles. The molecule has 0 aliphatic heterocycles.